The van der Waals surface area contributed by atoms with E-state index in [-0.39, 0.29) is 48.1 Å². The summed E-state index contributed by atoms with van der Waals surface area (Å²) in [5.41, 5.74) is 6.25. The van der Waals surface area contributed by atoms with Crippen molar-refractivity contribution in [3.8, 4) is 5.75 Å². The standard InChI is InChI=1S/C18H25N3O4.ClH/c19-11-15-5-6-16(25-15)18(24)21-9-7-12(8-10-21)17(23)20-13-1-3-14(22)4-2-13;/h1-4,12,15-16,22H,5-11,19H2,(H,20,23);1H/t15-,16+;/m1./s1. The van der Waals surface area contributed by atoms with E-state index in [4.69, 9.17) is 10.5 Å². The van der Waals surface area contributed by atoms with E-state index >= 15 is 0 Å². The summed E-state index contributed by atoms with van der Waals surface area (Å²) in [4.78, 5) is 26.6. The van der Waals surface area contributed by atoms with E-state index in [0.29, 0.717) is 38.2 Å². The lowest BCUT2D eigenvalue weighted by Crippen LogP contribution is -2.45. The largest absolute Gasteiger partial charge is 0.508 e. The van der Waals surface area contributed by atoms with Crippen LogP contribution in [0.15, 0.2) is 24.3 Å². The summed E-state index contributed by atoms with van der Waals surface area (Å²) >= 11 is 0. The van der Waals surface area contributed by atoms with Crippen LogP contribution in [0.5, 0.6) is 5.75 Å². The van der Waals surface area contributed by atoms with Gasteiger partial charge in [-0.1, -0.05) is 0 Å². The van der Waals surface area contributed by atoms with E-state index in [1.807, 2.05) is 0 Å². The molecule has 2 aliphatic rings. The maximum absolute atomic E-state index is 12.5. The highest BCUT2D eigenvalue weighted by atomic mass is 35.5. The van der Waals surface area contributed by atoms with Crippen molar-refractivity contribution < 1.29 is 19.4 Å². The Balaban J connectivity index is 0.00000243. The predicted molar refractivity (Wildman–Crippen MR) is 100 cm³/mol. The van der Waals surface area contributed by atoms with Crippen LogP contribution in [0.4, 0.5) is 5.69 Å². The van der Waals surface area contributed by atoms with Crippen LogP contribution in [0, 0.1) is 5.92 Å². The van der Waals surface area contributed by atoms with Gasteiger partial charge in [-0.05, 0) is 49.9 Å². The summed E-state index contributed by atoms with van der Waals surface area (Å²) in [5.74, 6) is 0.0291. The second-order valence-corrected chi connectivity index (χ2v) is 6.70. The van der Waals surface area contributed by atoms with Crippen LogP contribution in [0.25, 0.3) is 0 Å². The Morgan fingerprint density at radius 2 is 1.81 bits per heavy atom. The molecule has 0 radical (unpaired) electrons. The minimum absolute atomic E-state index is 0. The summed E-state index contributed by atoms with van der Waals surface area (Å²) in [5, 5.41) is 12.1. The third-order valence-corrected chi connectivity index (χ3v) is 4.96. The Bertz CT molecular complexity index is 617. The number of aromatic hydroxyl groups is 1. The molecule has 0 aromatic heterocycles. The average molecular weight is 384 g/mol. The van der Waals surface area contributed by atoms with E-state index in [0.717, 1.165) is 12.8 Å². The number of carbonyl (C=O) groups is 2. The van der Waals surface area contributed by atoms with Crippen LogP contribution in [0.2, 0.25) is 0 Å². The molecule has 0 saturated carbocycles. The van der Waals surface area contributed by atoms with Gasteiger partial charge in [0.15, 0.2) is 0 Å². The molecule has 0 aliphatic carbocycles. The molecular formula is C18H26ClN3O4. The van der Waals surface area contributed by atoms with E-state index in [9.17, 15) is 14.7 Å². The van der Waals surface area contributed by atoms with Crippen LogP contribution in [0.3, 0.4) is 0 Å². The summed E-state index contributed by atoms with van der Waals surface area (Å²) in [7, 11) is 0. The Kier molecular flexibility index (Phi) is 7.25. The van der Waals surface area contributed by atoms with Crippen LogP contribution in [-0.2, 0) is 14.3 Å². The predicted octanol–water partition coefficient (Wildman–Crippen LogP) is 1.50. The number of hydrogen-bond acceptors (Lipinski definition) is 5. The topological polar surface area (TPSA) is 105 Å². The highest BCUT2D eigenvalue weighted by molar-refractivity contribution is 5.92. The summed E-state index contributed by atoms with van der Waals surface area (Å²) in [6, 6.07) is 6.40. The second kappa shape index (κ2) is 9.21. The van der Waals surface area contributed by atoms with Gasteiger partial charge in [-0.15, -0.1) is 12.4 Å². The molecule has 2 aliphatic heterocycles. The number of amides is 2. The first-order valence-corrected chi connectivity index (χ1v) is 8.81. The lowest BCUT2D eigenvalue weighted by atomic mass is 9.95. The van der Waals surface area contributed by atoms with Crippen LogP contribution in [-0.4, -0.2) is 53.7 Å². The molecule has 1 aromatic rings. The monoisotopic (exact) mass is 383 g/mol. The number of piperidine rings is 1. The SMILES string of the molecule is Cl.NC[C@H]1CC[C@@H](C(=O)N2CCC(C(=O)Nc3ccc(O)cc3)CC2)O1. The zero-order valence-electron chi connectivity index (χ0n) is 14.6. The number of nitrogens with zero attached hydrogens (tertiary/aromatic N) is 1. The van der Waals surface area contributed by atoms with Gasteiger partial charge in [-0.3, -0.25) is 9.59 Å². The fraction of sp³-hybridized carbons (Fsp3) is 0.556. The molecule has 2 atom stereocenters. The number of likely N-dealkylation sites (tertiary alicyclic amines) is 1. The molecular weight excluding hydrogens is 358 g/mol. The van der Waals surface area contributed by atoms with Crippen molar-refractivity contribution in [1.29, 1.82) is 0 Å². The van der Waals surface area contributed by atoms with Gasteiger partial charge in [0, 0.05) is 31.2 Å². The van der Waals surface area contributed by atoms with Crippen molar-refractivity contribution >= 4 is 29.9 Å². The van der Waals surface area contributed by atoms with E-state index in [1.165, 1.54) is 12.1 Å². The summed E-state index contributed by atoms with van der Waals surface area (Å²) in [6.07, 6.45) is 2.45. The lowest BCUT2D eigenvalue weighted by molar-refractivity contribution is -0.145. The van der Waals surface area contributed by atoms with Gasteiger partial charge >= 0.3 is 0 Å². The molecule has 2 saturated heterocycles. The second-order valence-electron chi connectivity index (χ2n) is 6.70. The Morgan fingerprint density at radius 1 is 1.15 bits per heavy atom. The summed E-state index contributed by atoms with van der Waals surface area (Å²) < 4.78 is 5.67. The molecule has 26 heavy (non-hydrogen) atoms. The van der Waals surface area contributed by atoms with Crippen molar-refractivity contribution in [2.45, 2.75) is 37.9 Å². The maximum Gasteiger partial charge on any atom is 0.251 e. The molecule has 7 nitrogen and oxygen atoms in total. The molecule has 144 valence electrons. The first kappa shape index (κ1) is 20.5. The number of halogens is 1. The van der Waals surface area contributed by atoms with Crippen molar-refractivity contribution in [1.82, 2.24) is 4.90 Å². The molecule has 0 spiro atoms. The van der Waals surface area contributed by atoms with Crippen LogP contribution in [0.1, 0.15) is 25.7 Å². The number of rotatable bonds is 4. The first-order chi connectivity index (χ1) is 12.1. The quantitative estimate of drug-likeness (QED) is 0.683. The number of hydrogen-bond donors (Lipinski definition) is 3. The van der Waals surface area contributed by atoms with Gasteiger partial charge in [-0.25, -0.2) is 0 Å². The van der Waals surface area contributed by atoms with E-state index in [2.05, 4.69) is 5.32 Å². The van der Waals surface area contributed by atoms with Gasteiger partial charge in [0.05, 0.1) is 6.10 Å². The third kappa shape index (κ3) is 4.87. The molecule has 2 fully saturated rings. The minimum Gasteiger partial charge on any atom is -0.508 e. The first-order valence-electron chi connectivity index (χ1n) is 8.81. The fourth-order valence-electron chi connectivity index (χ4n) is 3.42. The minimum atomic E-state index is -0.379. The molecule has 3 rings (SSSR count). The van der Waals surface area contributed by atoms with Gasteiger partial charge in [0.1, 0.15) is 11.9 Å². The molecule has 0 bridgehead atoms. The highest BCUT2D eigenvalue weighted by Crippen LogP contribution is 2.25. The number of phenols is 1. The Hall–Kier alpha value is -1.83. The van der Waals surface area contributed by atoms with Gasteiger partial charge in [-0.2, -0.15) is 0 Å². The fourth-order valence-corrected chi connectivity index (χ4v) is 3.42. The van der Waals surface area contributed by atoms with Gasteiger partial charge in [0.2, 0.25) is 5.91 Å². The smallest absolute Gasteiger partial charge is 0.251 e. The number of phenolic OH excluding ortho intramolecular Hbond substituents is 1. The van der Waals surface area contributed by atoms with Crippen molar-refractivity contribution in [2.24, 2.45) is 11.7 Å². The average Bonchev–Trinajstić information content (AvgIpc) is 3.12. The molecule has 4 N–H and O–H groups in total. The van der Waals surface area contributed by atoms with Crippen molar-refractivity contribution in [3.05, 3.63) is 24.3 Å². The van der Waals surface area contributed by atoms with Gasteiger partial charge in [0.25, 0.3) is 5.91 Å². The number of anilines is 1. The zero-order chi connectivity index (χ0) is 17.8. The maximum atomic E-state index is 12.5. The normalized spacial score (nSPS) is 23.3. The Labute approximate surface area is 159 Å². The molecule has 2 heterocycles. The van der Waals surface area contributed by atoms with Crippen molar-refractivity contribution in [2.75, 3.05) is 25.0 Å². The number of benzene rings is 1. The third-order valence-electron chi connectivity index (χ3n) is 4.96. The molecule has 8 heteroatoms. The number of nitrogens with one attached hydrogen (secondary N) is 1. The van der Waals surface area contributed by atoms with Crippen LogP contribution >= 0.6 is 12.4 Å². The molecule has 1 aromatic carbocycles. The van der Waals surface area contributed by atoms with E-state index in [1.54, 1.807) is 17.0 Å². The Morgan fingerprint density at radius 3 is 2.38 bits per heavy atom. The number of nitrogens with two attached hydrogens (primary N) is 1. The summed E-state index contributed by atoms with van der Waals surface area (Å²) in [6.45, 7) is 1.59. The highest BCUT2D eigenvalue weighted by Gasteiger charge is 2.35. The van der Waals surface area contributed by atoms with Crippen molar-refractivity contribution in [3.63, 3.8) is 0 Å². The van der Waals surface area contributed by atoms with E-state index < -0.39 is 0 Å². The van der Waals surface area contributed by atoms with Crippen LogP contribution < -0.4 is 11.1 Å². The molecule has 2 amide bonds. The number of ether oxygens (including phenoxy) is 1. The lowest BCUT2D eigenvalue weighted by Gasteiger charge is -2.32. The van der Waals surface area contributed by atoms with Gasteiger partial charge < -0.3 is 25.8 Å². The molecule has 0 unspecified atom stereocenters. The number of carbonyl (C=O) groups excluding carboxylic acids is 2. The zero-order valence-corrected chi connectivity index (χ0v) is 15.4.